The van der Waals surface area contributed by atoms with Gasteiger partial charge in [0.05, 0.1) is 11.6 Å². The molecule has 2 aliphatic rings. The number of aliphatic imine (C=N–C) groups is 1. The quantitative estimate of drug-likeness (QED) is 0.254. The number of carbonyl (C=O) groups is 1. The molecule has 0 bridgehead atoms. The Morgan fingerprint density at radius 3 is 2.54 bits per heavy atom. The summed E-state index contributed by atoms with van der Waals surface area (Å²) in [4.78, 5) is 19.3. The normalized spacial score (nSPS) is 17.7. The number of rotatable bonds is 10. The maximum Gasteiger partial charge on any atom is 0.246 e. The standard InChI is InChI=1S/C31H36N6O2/c1-3-33-31-29(22(2)32)30(23-14-16-27(17-15-23)39-26-11-5-4-6-12-26)35-37(31)25-18-20-36(21-25)28(38)13-8-19-34-24-9-7-10-24/h3-6,8,11-17,24-25,32,34H,7,9-10,18-21H2,1-2H3. The van der Waals surface area contributed by atoms with Crippen LogP contribution >= 0.6 is 0 Å². The lowest BCUT2D eigenvalue weighted by molar-refractivity contribution is -0.125. The Balaban J connectivity index is 1.34. The first-order valence-electron chi connectivity index (χ1n) is 13.7. The number of hydrogen-bond acceptors (Lipinski definition) is 6. The maximum atomic E-state index is 12.8. The van der Waals surface area contributed by atoms with E-state index < -0.39 is 0 Å². The fourth-order valence-electron chi connectivity index (χ4n) is 5.03. The summed E-state index contributed by atoms with van der Waals surface area (Å²) in [5.74, 6) is 2.18. The summed E-state index contributed by atoms with van der Waals surface area (Å²) in [6.07, 6.45) is 9.87. The van der Waals surface area contributed by atoms with Crippen molar-refractivity contribution in [3.8, 4) is 22.8 Å². The van der Waals surface area contributed by atoms with Crippen molar-refractivity contribution in [2.45, 2.75) is 51.6 Å². The van der Waals surface area contributed by atoms with Gasteiger partial charge in [-0.25, -0.2) is 9.67 Å². The van der Waals surface area contributed by atoms with Crippen molar-refractivity contribution < 1.29 is 9.53 Å². The lowest BCUT2D eigenvalue weighted by atomic mass is 9.93. The average molecular weight is 525 g/mol. The minimum atomic E-state index is -0.0123. The Bertz CT molecular complexity index is 1360. The minimum Gasteiger partial charge on any atom is -0.457 e. The third-order valence-corrected chi connectivity index (χ3v) is 7.33. The SMILES string of the molecule is CC=Nc1c(C(C)=N)c(-c2ccc(Oc3ccccc3)cc2)nn1C1CCN(C(=O)C=CCNC2CCC2)C1. The molecule has 5 rings (SSSR count). The number of hydrogen-bond donors (Lipinski definition) is 2. The topological polar surface area (TPSA) is 95.6 Å². The number of amides is 1. The van der Waals surface area contributed by atoms with E-state index in [4.69, 9.17) is 15.2 Å². The molecule has 39 heavy (non-hydrogen) atoms. The van der Waals surface area contributed by atoms with E-state index in [0.29, 0.717) is 41.9 Å². The largest absolute Gasteiger partial charge is 0.457 e. The fraction of sp³-hybridized carbons (Fsp3) is 0.355. The average Bonchev–Trinajstić information content (AvgIpc) is 3.54. The molecule has 1 aliphatic carbocycles. The molecule has 1 saturated heterocycles. The lowest BCUT2D eigenvalue weighted by Crippen LogP contribution is -2.35. The first kappa shape index (κ1) is 26.6. The first-order chi connectivity index (χ1) is 19.0. The van der Waals surface area contributed by atoms with E-state index in [1.54, 1.807) is 19.2 Å². The summed E-state index contributed by atoms with van der Waals surface area (Å²) in [5.41, 5.74) is 2.70. The summed E-state index contributed by atoms with van der Waals surface area (Å²) in [6, 6.07) is 18.0. The zero-order valence-electron chi connectivity index (χ0n) is 22.6. The van der Waals surface area contributed by atoms with Crippen LogP contribution in [0.5, 0.6) is 11.5 Å². The van der Waals surface area contributed by atoms with Crippen LogP contribution in [0.4, 0.5) is 5.82 Å². The zero-order chi connectivity index (χ0) is 27.2. The van der Waals surface area contributed by atoms with E-state index in [-0.39, 0.29) is 11.9 Å². The number of para-hydroxylation sites is 1. The molecule has 0 radical (unpaired) electrons. The molecular formula is C31H36N6O2. The summed E-state index contributed by atoms with van der Waals surface area (Å²) >= 11 is 0. The molecule has 2 fully saturated rings. The van der Waals surface area contributed by atoms with Gasteiger partial charge in [-0.05, 0) is 69.5 Å². The number of benzene rings is 2. The molecular weight excluding hydrogens is 488 g/mol. The Kier molecular flexibility index (Phi) is 8.32. The van der Waals surface area contributed by atoms with E-state index in [9.17, 15) is 4.79 Å². The van der Waals surface area contributed by atoms with Crippen molar-refractivity contribution >= 4 is 23.7 Å². The van der Waals surface area contributed by atoms with Crippen molar-refractivity contribution in [2.75, 3.05) is 19.6 Å². The second-order valence-electron chi connectivity index (χ2n) is 10.1. The minimum absolute atomic E-state index is 0.0123. The number of carbonyl (C=O) groups excluding carboxylic acids is 1. The van der Waals surface area contributed by atoms with Gasteiger partial charge in [-0.3, -0.25) is 4.79 Å². The van der Waals surface area contributed by atoms with Gasteiger partial charge in [0.15, 0.2) is 5.82 Å². The van der Waals surface area contributed by atoms with Crippen LogP contribution in [0, 0.1) is 5.41 Å². The summed E-state index contributed by atoms with van der Waals surface area (Å²) in [5, 5.41) is 17.0. The van der Waals surface area contributed by atoms with Gasteiger partial charge < -0.3 is 20.4 Å². The highest BCUT2D eigenvalue weighted by Gasteiger charge is 2.31. The number of nitrogens with zero attached hydrogens (tertiary/aromatic N) is 4. The van der Waals surface area contributed by atoms with Crippen molar-refractivity contribution in [1.82, 2.24) is 20.0 Å². The second-order valence-corrected chi connectivity index (χ2v) is 10.1. The predicted octanol–water partition coefficient (Wildman–Crippen LogP) is 5.92. The molecule has 2 N–H and O–H groups in total. The second kappa shape index (κ2) is 12.2. The van der Waals surface area contributed by atoms with Crippen LogP contribution in [0.15, 0.2) is 71.7 Å². The summed E-state index contributed by atoms with van der Waals surface area (Å²) < 4.78 is 7.86. The molecule has 8 heteroatoms. The Morgan fingerprint density at radius 2 is 1.87 bits per heavy atom. The highest BCUT2D eigenvalue weighted by molar-refractivity contribution is 6.06. The zero-order valence-corrected chi connectivity index (χ0v) is 22.6. The number of ether oxygens (including phenoxy) is 1. The van der Waals surface area contributed by atoms with Crippen LogP contribution < -0.4 is 10.1 Å². The van der Waals surface area contributed by atoms with E-state index in [1.165, 1.54) is 19.3 Å². The van der Waals surface area contributed by atoms with E-state index in [1.807, 2.05) is 77.2 Å². The molecule has 202 valence electrons. The molecule has 8 nitrogen and oxygen atoms in total. The van der Waals surface area contributed by atoms with E-state index in [2.05, 4.69) is 10.3 Å². The van der Waals surface area contributed by atoms with Gasteiger partial charge in [0.1, 0.15) is 17.2 Å². The van der Waals surface area contributed by atoms with Gasteiger partial charge in [-0.2, -0.15) is 5.10 Å². The number of likely N-dealkylation sites (tertiary alicyclic amines) is 1. The van der Waals surface area contributed by atoms with Gasteiger partial charge in [-0.1, -0.05) is 30.7 Å². The van der Waals surface area contributed by atoms with E-state index >= 15 is 0 Å². The maximum absolute atomic E-state index is 12.8. The molecule has 1 saturated carbocycles. The number of nitrogens with one attached hydrogen (secondary N) is 2. The molecule has 1 aromatic heterocycles. The molecule has 3 aromatic rings. The van der Waals surface area contributed by atoms with Crippen molar-refractivity contribution in [3.63, 3.8) is 0 Å². The van der Waals surface area contributed by atoms with Crippen molar-refractivity contribution in [3.05, 3.63) is 72.3 Å². The Morgan fingerprint density at radius 1 is 1.13 bits per heavy atom. The predicted molar refractivity (Wildman–Crippen MR) is 156 cm³/mol. The van der Waals surface area contributed by atoms with Gasteiger partial charge in [-0.15, -0.1) is 0 Å². The smallest absolute Gasteiger partial charge is 0.246 e. The Labute approximate surface area is 229 Å². The van der Waals surface area contributed by atoms with Crippen LogP contribution in [-0.2, 0) is 4.79 Å². The molecule has 0 spiro atoms. The number of aromatic nitrogens is 2. The van der Waals surface area contributed by atoms with Crippen LogP contribution in [-0.4, -0.2) is 58.2 Å². The van der Waals surface area contributed by atoms with Crippen molar-refractivity contribution in [1.29, 1.82) is 5.41 Å². The molecule has 1 amide bonds. The van der Waals surface area contributed by atoms with Crippen LogP contribution in [0.25, 0.3) is 11.3 Å². The fourth-order valence-corrected chi connectivity index (χ4v) is 5.03. The van der Waals surface area contributed by atoms with Crippen LogP contribution in [0.2, 0.25) is 0 Å². The summed E-state index contributed by atoms with van der Waals surface area (Å²) in [6.45, 7) is 5.58. The summed E-state index contributed by atoms with van der Waals surface area (Å²) in [7, 11) is 0. The van der Waals surface area contributed by atoms with Gasteiger partial charge in [0.25, 0.3) is 0 Å². The molecule has 2 heterocycles. The Hall–Kier alpha value is -4.04. The van der Waals surface area contributed by atoms with Crippen LogP contribution in [0.3, 0.4) is 0 Å². The van der Waals surface area contributed by atoms with Gasteiger partial charge in [0, 0.05) is 49.2 Å². The third-order valence-electron chi connectivity index (χ3n) is 7.33. The highest BCUT2D eigenvalue weighted by Crippen LogP contribution is 2.36. The highest BCUT2D eigenvalue weighted by atomic mass is 16.5. The molecule has 1 atom stereocenters. The third kappa shape index (κ3) is 6.17. The lowest BCUT2D eigenvalue weighted by Gasteiger charge is -2.25. The van der Waals surface area contributed by atoms with Gasteiger partial charge in [0.2, 0.25) is 5.91 Å². The van der Waals surface area contributed by atoms with E-state index in [0.717, 1.165) is 30.0 Å². The first-order valence-corrected chi connectivity index (χ1v) is 13.7. The van der Waals surface area contributed by atoms with Gasteiger partial charge >= 0.3 is 0 Å². The van der Waals surface area contributed by atoms with Crippen LogP contribution in [0.1, 0.15) is 51.1 Å². The monoisotopic (exact) mass is 524 g/mol. The molecule has 2 aromatic carbocycles. The molecule has 1 unspecified atom stereocenters. The molecule has 1 aliphatic heterocycles. The van der Waals surface area contributed by atoms with Crippen molar-refractivity contribution in [2.24, 2.45) is 4.99 Å².